The molecule has 1 atom stereocenters. The number of rotatable bonds is 2. The second-order valence-electron chi connectivity index (χ2n) is 7.30. The molecule has 5 nitrogen and oxygen atoms in total. The third-order valence-electron chi connectivity index (χ3n) is 5.24. The van der Waals surface area contributed by atoms with Crippen molar-refractivity contribution in [3.8, 4) is 0 Å². The summed E-state index contributed by atoms with van der Waals surface area (Å²) in [5.41, 5.74) is 10.8. The van der Waals surface area contributed by atoms with Crippen LogP contribution in [-0.2, 0) is 12.8 Å². The number of benzene rings is 1. The van der Waals surface area contributed by atoms with Crippen LogP contribution in [0.1, 0.15) is 29.3 Å². The summed E-state index contributed by atoms with van der Waals surface area (Å²) >= 11 is 1.67. The first-order valence-corrected chi connectivity index (χ1v) is 9.92. The highest BCUT2D eigenvalue weighted by Crippen LogP contribution is 2.39. The molecule has 3 heterocycles. The molecule has 1 unspecified atom stereocenters. The number of thiophene rings is 1. The molecule has 0 spiro atoms. The predicted molar refractivity (Wildman–Crippen MR) is 109 cm³/mol. The zero-order valence-electron chi connectivity index (χ0n) is 15.0. The van der Waals surface area contributed by atoms with Crippen LogP contribution in [0.3, 0.4) is 0 Å². The minimum absolute atomic E-state index is 0.204. The van der Waals surface area contributed by atoms with Gasteiger partial charge in [0.2, 0.25) is 0 Å². The van der Waals surface area contributed by atoms with E-state index < -0.39 is 0 Å². The maximum atomic E-state index is 14.7. The molecule has 3 aromatic rings. The predicted octanol–water partition coefficient (Wildman–Crippen LogP) is 4.22. The Kier molecular flexibility index (Phi) is 3.87. The molecule has 7 heteroatoms. The van der Waals surface area contributed by atoms with E-state index >= 15 is 0 Å². The summed E-state index contributed by atoms with van der Waals surface area (Å²) < 4.78 is 14.7. The molecule has 0 bridgehead atoms. The van der Waals surface area contributed by atoms with Gasteiger partial charge in [-0.1, -0.05) is 11.6 Å². The molecule has 0 amide bonds. The van der Waals surface area contributed by atoms with Gasteiger partial charge >= 0.3 is 0 Å². The smallest absolute Gasteiger partial charge is 0.148 e. The van der Waals surface area contributed by atoms with Crippen molar-refractivity contribution in [3.05, 3.63) is 45.9 Å². The lowest BCUT2D eigenvalue weighted by Gasteiger charge is -2.19. The molecule has 2 aliphatic rings. The molecule has 0 saturated heterocycles. The summed E-state index contributed by atoms with van der Waals surface area (Å²) in [5, 5.41) is 7.47. The summed E-state index contributed by atoms with van der Waals surface area (Å²) in [6.45, 7) is 2.80. The van der Waals surface area contributed by atoms with Crippen molar-refractivity contribution in [2.24, 2.45) is 5.73 Å². The second kappa shape index (κ2) is 6.28. The van der Waals surface area contributed by atoms with E-state index in [9.17, 15) is 4.39 Å². The van der Waals surface area contributed by atoms with Crippen LogP contribution in [0.15, 0.2) is 24.0 Å². The number of fused-ring (bicyclic) bond motifs is 4. The molecule has 138 valence electrons. The van der Waals surface area contributed by atoms with Gasteiger partial charge in [-0.15, -0.1) is 11.3 Å². The number of aromatic nitrogens is 2. The number of aryl methyl sites for hydroxylation is 1. The van der Waals surface area contributed by atoms with Gasteiger partial charge in [0.1, 0.15) is 22.8 Å². The minimum atomic E-state index is -0.299. The summed E-state index contributed by atoms with van der Waals surface area (Å²) in [4.78, 5) is 11.1. The Bertz CT molecular complexity index is 1090. The fourth-order valence-electron chi connectivity index (χ4n) is 3.87. The van der Waals surface area contributed by atoms with E-state index in [1.54, 1.807) is 17.4 Å². The Balaban J connectivity index is 1.59. The highest BCUT2D eigenvalue weighted by Gasteiger charge is 2.24. The number of hydrogen-bond donors (Lipinski definition) is 3. The molecule has 0 radical (unpaired) electrons. The van der Waals surface area contributed by atoms with Crippen LogP contribution in [0.4, 0.5) is 21.6 Å². The van der Waals surface area contributed by atoms with Crippen LogP contribution >= 0.6 is 11.3 Å². The van der Waals surface area contributed by atoms with Crippen LogP contribution in [0.5, 0.6) is 0 Å². The SMILES string of the molecule is CC1=Cc2cc(Nc3ncnc4sc5c(c34)CCC(N)C5)c(F)cc2NC1. The quantitative estimate of drug-likeness (QED) is 0.620. The number of nitrogens with two attached hydrogens (primary N) is 1. The van der Waals surface area contributed by atoms with Crippen molar-refractivity contribution in [2.75, 3.05) is 17.2 Å². The number of nitrogens with zero attached hydrogens (tertiary/aromatic N) is 2. The summed E-state index contributed by atoms with van der Waals surface area (Å²) in [7, 11) is 0. The highest BCUT2D eigenvalue weighted by atomic mass is 32.1. The molecule has 5 rings (SSSR count). The Morgan fingerprint density at radius 2 is 2.22 bits per heavy atom. The fourth-order valence-corrected chi connectivity index (χ4v) is 5.15. The van der Waals surface area contributed by atoms with E-state index in [1.807, 2.05) is 6.07 Å². The lowest BCUT2D eigenvalue weighted by Crippen LogP contribution is -2.26. The van der Waals surface area contributed by atoms with E-state index in [0.717, 1.165) is 47.3 Å². The van der Waals surface area contributed by atoms with Crippen molar-refractivity contribution in [2.45, 2.75) is 32.2 Å². The van der Waals surface area contributed by atoms with Gasteiger partial charge in [0.15, 0.2) is 0 Å². The van der Waals surface area contributed by atoms with Crippen LogP contribution in [-0.4, -0.2) is 22.6 Å². The zero-order chi connectivity index (χ0) is 18.5. The van der Waals surface area contributed by atoms with Crippen molar-refractivity contribution < 1.29 is 4.39 Å². The topological polar surface area (TPSA) is 75.9 Å². The highest BCUT2D eigenvalue weighted by molar-refractivity contribution is 7.19. The summed E-state index contributed by atoms with van der Waals surface area (Å²) in [6.07, 6.45) is 6.36. The zero-order valence-corrected chi connectivity index (χ0v) is 15.8. The van der Waals surface area contributed by atoms with Crippen molar-refractivity contribution in [1.29, 1.82) is 0 Å². The number of halogens is 1. The molecule has 0 saturated carbocycles. The van der Waals surface area contributed by atoms with Gasteiger partial charge in [0, 0.05) is 23.2 Å². The summed E-state index contributed by atoms with van der Waals surface area (Å²) in [5.74, 6) is 0.364. The van der Waals surface area contributed by atoms with E-state index in [4.69, 9.17) is 5.73 Å². The second-order valence-corrected chi connectivity index (χ2v) is 8.38. The molecule has 2 aromatic heterocycles. The van der Waals surface area contributed by atoms with Crippen LogP contribution in [0.2, 0.25) is 0 Å². The average molecular weight is 381 g/mol. The van der Waals surface area contributed by atoms with E-state index in [-0.39, 0.29) is 11.9 Å². The minimum Gasteiger partial charge on any atom is -0.381 e. The van der Waals surface area contributed by atoms with Crippen molar-refractivity contribution in [1.82, 2.24) is 9.97 Å². The first-order chi connectivity index (χ1) is 13.1. The maximum Gasteiger partial charge on any atom is 0.148 e. The molecular weight excluding hydrogens is 361 g/mol. The molecule has 1 aliphatic heterocycles. The van der Waals surface area contributed by atoms with Gasteiger partial charge in [-0.3, -0.25) is 0 Å². The van der Waals surface area contributed by atoms with Gasteiger partial charge in [-0.2, -0.15) is 0 Å². The normalized spacial score (nSPS) is 18.5. The third-order valence-corrected chi connectivity index (χ3v) is 6.40. The Labute approximate surface area is 160 Å². The number of anilines is 3. The van der Waals surface area contributed by atoms with Crippen LogP contribution in [0, 0.1) is 5.82 Å². The first kappa shape index (κ1) is 16.6. The van der Waals surface area contributed by atoms with Crippen molar-refractivity contribution in [3.63, 3.8) is 0 Å². The van der Waals surface area contributed by atoms with E-state index in [1.165, 1.54) is 22.3 Å². The van der Waals surface area contributed by atoms with Crippen LogP contribution in [0.25, 0.3) is 16.3 Å². The van der Waals surface area contributed by atoms with Gasteiger partial charge in [0.25, 0.3) is 0 Å². The molecule has 4 N–H and O–H groups in total. The van der Waals surface area contributed by atoms with Crippen molar-refractivity contribution >= 4 is 44.8 Å². The Hall–Kier alpha value is -2.51. The monoisotopic (exact) mass is 381 g/mol. The van der Waals surface area contributed by atoms with Gasteiger partial charge in [-0.25, -0.2) is 14.4 Å². The Morgan fingerprint density at radius 3 is 3.11 bits per heavy atom. The van der Waals surface area contributed by atoms with E-state index in [2.05, 4.69) is 33.6 Å². The van der Waals surface area contributed by atoms with Crippen LogP contribution < -0.4 is 16.4 Å². The van der Waals surface area contributed by atoms with Gasteiger partial charge < -0.3 is 16.4 Å². The third kappa shape index (κ3) is 2.87. The molecule has 1 aliphatic carbocycles. The maximum absolute atomic E-state index is 14.7. The standard InChI is InChI=1S/C20H20FN5S/c1-10-4-11-5-16(14(21)7-15(11)23-8-10)26-19-18-13-3-2-12(22)6-17(13)27-20(18)25-9-24-19/h4-5,7,9,12,23H,2-3,6,8,22H2,1H3,(H,24,25,26). The molecule has 0 fully saturated rings. The number of nitrogens with one attached hydrogen (secondary N) is 2. The average Bonchev–Trinajstić information content (AvgIpc) is 3.01. The number of hydrogen-bond acceptors (Lipinski definition) is 6. The van der Waals surface area contributed by atoms with E-state index in [0.29, 0.717) is 11.5 Å². The van der Waals surface area contributed by atoms with Gasteiger partial charge in [-0.05, 0) is 49.4 Å². The molecule has 27 heavy (non-hydrogen) atoms. The molecular formula is C20H20FN5S. The fraction of sp³-hybridized carbons (Fsp3) is 0.300. The summed E-state index contributed by atoms with van der Waals surface area (Å²) in [6, 6.07) is 3.58. The largest absolute Gasteiger partial charge is 0.381 e. The lowest BCUT2D eigenvalue weighted by molar-refractivity contribution is 0.586. The first-order valence-electron chi connectivity index (χ1n) is 9.11. The molecule has 1 aromatic carbocycles. The van der Waals surface area contributed by atoms with Gasteiger partial charge in [0.05, 0.1) is 11.1 Å². The Morgan fingerprint density at radius 1 is 1.33 bits per heavy atom. The lowest BCUT2D eigenvalue weighted by atomic mass is 9.93.